The van der Waals surface area contributed by atoms with Crippen LogP contribution >= 0.6 is 0 Å². The van der Waals surface area contributed by atoms with Crippen LogP contribution in [0.1, 0.15) is 10.4 Å². The van der Waals surface area contributed by atoms with Crippen LogP contribution in [0, 0.1) is 10.1 Å². The largest absolute Gasteiger partial charge is 0.360 e. The number of sulfonamides is 1. The second-order valence-electron chi connectivity index (χ2n) is 6.57. The molecule has 1 aliphatic heterocycles. The van der Waals surface area contributed by atoms with Gasteiger partial charge in [0.15, 0.2) is 0 Å². The molecule has 0 spiro atoms. The van der Waals surface area contributed by atoms with Crippen LogP contribution in [0.3, 0.4) is 0 Å². The zero-order valence-electron chi connectivity index (χ0n) is 15.2. The number of benzene rings is 1. The maximum Gasteiger partial charge on any atom is 0.270 e. The van der Waals surface area contributed by atoms with Crippen LogP contribution in [0.25, 0.3) is 10.9 Å². The maximum atomic E-state index is 12.9. The molecule has 29 heavy (non-hydrogen) atoms. The summed E-state index contributed by atoms with van der Waals surface area (Å²) in [7, 11) is -3.66. The van der Waals surface area contributed by atoms with Gasteiger partial charge in [-0.3, -0.25) is 19.9 Å². The minimum absolute atomic E-state index is 0.0986. The average molecular weight is 415 g/mol. The SMILES string of the molecule is O=C(c1c[nH]c2ccc([N+](=O)[O-])cc12)N1CCN(S(=O)(=O)c2cccnc2)CC1. The van der Waals surface area contributed by atoms with E-state index in [0.717, 1.165) is 0 Å². The van der Waals surface area contributed by atoms with Crippen molar-refractivity contribution in [1.29, 1.82) is 0 Å². The first-order valence-corrected chi connectivity index (χ1v) is 10.3. The molecule has 2 aromatic heterocycles. The highest BCUT2D eigenvalue weighted by Gasteiger charge is 2.31. The van der Waals surface area contributed by atoms with Crippen LogP contribution in [0.2, 0.25) is 0 Å². The summed E-state index contributed by atoms with van der Waals surface area (Å²) in [6.45, 7) is 0.761. The highest BCUT2D eigenvalue weighted by molar-refractivity contribution is 7.89. The minimum atomic E-state index is -3.66. The Kier molecular flexibility index (Phi) is 4.76. The lowest BCUT2D eigenvalue weighted by Crippen LogP contribution is -2.50. The number of carbonyl (C=O) groups excluding carboxylic acids is 1. The molecule has 1 aromatic carbocycles. The molecule has 0 radical (unpaired) electrons. The number of piperazine rings is 1. The zero-order chi connectivity index (χ0) is 20.6. The van der Waals surface area contributed by atoms with Crippen LogP contribution in [-0.4, -0.2) is 64.6 Å². The standard InChI is InChI=1S/C18H17N5O5S/c24-18(16-12-20-17-4-3-13(23(25)26)10-15(16)17)21-6-8-22(9-7-21)29(27,28)14-2-1-5-19-11-14/h1-5,10-12,20H,6-9H2. The Hall–Kier alpha value is -3.31. The first-order valence-electron chi connectivity index (χ1n) is 8.83. The average Bonchev–Trinajstić information content (AvgIpc) is 3.17. The summed E-state index contributed by atoms with van der Waals surface area (Å²) >= 11 is 0. The molecule has 0 atom stereocenters. The van der Waals surface area contributed by atoms with Gasteiger partial charge in [0.1, 0.15) is 4.90 Å². The van der Waals surface area contributed by atoms with E-state index in [4.69, 9.17) is 0 Å². The van der Waals surface area contributed by atoms with E-state index in [-0.39, 0.29) is 42.7 Å². The number of nitro benzene ring substituents is 1. The van der Waals surface area contributed by atoms with E-state index in [1.165, 1.54) is 41.1 Å². The van der Waals surface area contributed by atoms with Gasteiger partial charge >= 0.3 is 0 Å². The first kappa shape index (κ1) is 19.0. The van der Waals surface area contributed by atoms with Crippen molar-refractivity contribution in [1.82, 2.24) is 19.2 Å². The third-order valence-electron chi connectivity index (χ3n) is 4.90. The van der Waals surface area contributed by atoms with Crippen LogP contribution in [0.15, 0.2) is 53.8 Å². The molecular weight excluding hydrogens is 398 g/mol. The Bertz CT molecular complexity index is 1180. The number of pyridine rings is 1. The Balaban J connectivity index is 1.52. The zero-order valence-corrected chi connectivity index (χ0v) is 16.0. The Morgan fingerprint density at radius 3 is 2.59 bits per heavy atom. The fourth-order valence-electron chi connectivity index (χ4n) is 3.35. The van der Waals surface area contributed by atoms with Crippen LogP contribution in [0.4, 0.5) is 5.69 Å². The van der Waals surface area contributed by atoms with E-state index in [1.54, 1.807) is 17.0 Å². The van der Waals surface area contributed by atoms with Crippen molar-refractivity contribution in [2.45, 2.75) is 4.90 Å². The van der Waals surface area contributed by atoms with E-state index < -0.39 is 14.9 Å². The van der Waals surface area contributed by atoms with Crippen molar-refractivity contribution in [3.05, 3.63) is 64.6 Å². The van der Waals surface area contributed by atoms with Gasteiger partial charge in [-0.1, -0.05) is 0 Å². The molecule has 0 unspecified atom stereocenters. The van der Waals surface area contributed by atoms with Gasteiger partial charge in [0.05, 0.1) is 10.5 Å². The monoisotopic (exact) mass is 415 g/mol. The van der Waals surface area contributed by atoms with Crippen molar-refractivity contribution in [3.63, 3.8) is 0 Å². The number of aromatic amines is 1. The fraction of sp³-hybridized carbons (Fsp3) is 0.222. The summed E-state index contributed by atoms with van der Waals surface area (Å²) in [6.07, 6.45) is 4.32. The number of nitro groups is 1. The van der Waals surface area contributed by atoms with Gasteiger partial charge in [-0.15, -0.1) is 0 Å². The smallest absolute Gasteiger partial charge is 0.270 e. The molecule has 3 aromatic rings. The number of non-ortho nitro benzene ring substituents is 1. The van der Waals surface area contributed by atoms with E-state index in [1.807, 2.05) is 0 Å². The second kappa shape index (κ2) is 7.26. The van der Waals surface area contributed by atoms with Gasteiger partial charge in [-0.05, 0) is 18.2 Å². The number of nitrogens with one attached hydrogen (secondary N) is 1. The number of nitrogens with zero attached hydrogens (tertiary/aromatic N) is 4. The summed E-state index contributed by atoms with van der Waals surface area (Å²) in [5, 5.41) is 11.5. The molecule has 3 heterocycles. The molecule has 1 fully saturated rings. The molecule has 10 nitrogen and oxygen atoms in total. The molecule has 1 N–H and O–H groups in total. The highest BCUT2D eigenvalue weighted by atomic mass is 32.2. The predicted molar refractivity (Wildman–Crippen MR) is 104 cm³/mol. The number of rotatable bonds is 4. The van der Waals surface area contributed by atoms with E-state index in [9.17, 15) is 23.3 Å². The van der Waals surface area contributed by atoms with Crippen LogP contribution in [0.5, 0.6) is 0 Å². The summed E-state index contributed by atoms with van der Waals surface area (Å²) in [4.78, 5) is 31.9. The number of carbonyl (C=O) groups is 1. The molecule has 4 rings (SSSR count). The summed E-state index contributed by atoms with van der Waals surface area (Å²) in [6, 6.07) is 7.33. The van der Waals surface area contributed by atoms with Crippen molar-refractivity contribution in [2.24, 2.45) is 0 Å². The van der Waals surface area contributed by atoms with E-state index in [0.29, 0.717) is 16.5 Å². The lowest BCUT2D eigenvalue weighted by molar-refractivity contribution is -0.384. The summed E-state index contributed by atoms with van der Waals surface area (Å²) in [5.41, 5.74) is 0.850. The topological polar surface area (TPSA) is 130 Å². The molecule has 1 aliphatic rings. The maximum absolute atomic E-state index is 12.9. The highest BCUT2D eigenvalue weighted by Crippen LogP contribution is 2.25. The summed E-state index contributed by atoms with van der Waals surface area (Å²) < 4.78 is 26.7. The first-order chi connectivity index (χ1) is 13.9. The minimum Gasteiger partial charge on any atom is -0.360 e. The van der Waals surface area contributed by atoms with Crippen molar-refractivity contribution in [2.75, 3.05) is 26.2 Å². The van der Waals surface area contributed by atoms with Gasteiger partial charge in [0.25, 0.3) is 11.6 Å². The van der Waals surface area contributed by atoms with E-state index in [2.05, 4.69) is 9.97 Å². The number of amides is 1. The molecule has 150 valence electrons. The number of hydrogen-bond donors (Lipinski definition) is 1. The molecule has 0 saturated carbocycles. The van der Waals surface area contributed by atoms with Crippen LogP contribution in [-0.2, 0) is 10.0 Å². The van der Waals surface area contributed by atoms with Gasteiger partial charge < -0.3 is 9.88 Å². The number of fused-ring (bicyclic) bond motifs is 1. The van der Waals surface area contributed by atoms with E-state index >= 15 is 0 Å². The molecular formula is C18H17N5O5S. The van der Waals surface area contributed by atoms with Gasteiger partial charge in [-0.2, -0.15) is 4.31 Å². The van der Waals surface area contributed by atoms with Crippen molar-refractivity contribution < 1.29 is 18.1 Å². The number of hydrogen-bond acceptors (Lipinski definition) is 6. The molecule has 0 bridgehead atoms. The van der Waals surface area contributed by atoms with Crippen LogP contribution < -0.4 is 0 Å². The summed E-state index contributed by atoms with van der Waals surface area (Å²) in [5.74, 6) is -0.296. The Labute approximate surface area is 166 Å². The molecule has 1 saturated heterocycles. The van der Waals surface area contributed by atoms with Crippen molar-refractivity contribution >= 4 is 32.5 Å². The lowest BCUT2D eigenvalue weighted by atomic mass is 10.1. The normalized spacial score (nSPS) is 15.5. The molecule has 11 heteroatoms. The third kappa shape index (κ3) is 3.45. The quantitative estimate of drug-likeness (QED) is 0.509. The lowest BCUT2D eigenvalue weighted by Gasteiger charge is -2.33. The number of H-pyrrole nitrogens is 1. The van der Waals surface area contributed by atoms with Crippen molar-refractivity contribution in [3.8, 4) is 0 Å². The second-order valence-corrected chi connectivity index (χ2v) is 8.51. The molecule has 0 aliphatic carbocycles. The molecule has 1 amide bonds. The predicted octanol–water partition coefficient (Wildman–Crippen LogP) is 1.62. The Morgan fingerprint density at radius 1 is 1.17 bits per heavy atom. The fourth-order valence-corrected chi connectivity index (χ4v) is 4.74. The van der Waals surface area contributed by atoms with Gasteiger partial charge in [-0.25, -0.2) is 8.42 Å². The van der Waals surface area contributed by atoms with Gasteiger partial charge in [0, 0.05) is 67.8 Å². The van der Waals surface area contributed by atoms with Gasteiger partial charge in [0.2, 0.25) is 10.0 Å². The Morgan fingerprint density at radius 2 is 1.93 bits per heavy atom. The number of aromatic nitrogens is 2. The third-order valence-corrected chi connectivity index (χ3v) is 6.79.